The molecule has 0 saturated carbocycles. The molecule has 0 spiro atoms. The van der Waals surface area contributed by atoms with E-state index in [0.29, 0.717) is 11.4 Å². The van der Waals surface area contributed by atoms with E-state index in [0.717, 1.165) is 12.1 Å². The van der Waals surface area contributed by atoms with Crippen LogP contribution in [0.5, 0.6) is 0 Å². The number of hydrogen-bond donors (Lipinski definition) is 2. The molecule has 2 N–H and O–H groups in total. The second-order valence-electron chi connectivity index (χ2n) is 7.64. The summed E-state index contributed by atoms with van der Waals surface area (Å²) in [6.07, 6.45) is 2.80. The Hall–Kier alpha value is -3.28. The average molecular weight is 475 g/mol. The molecule has 0 aliphatic carbocycles. The second-order valence-corrected chi connectivity index (χ2v) is 9.32. The Morgan fingerprint density at radius 2 is 2.00 bits per heavy atom. The number of nitrogens with one attached hydrogen (secondary N) is 1. The molecule has 4 rings (SSSR count). The normalized spacial score (nSPS) is 19.0. The van der Waals surface area contributed by atoms with Crippen LogP contribution in [0.2, 0.25) is 0 Å². The van der Waals surface area contributed by atoms with Gasteiger partial charge in [-0.25, -0.2) is 17.8 Å². The van der Waals surface area contributed by atoms with Crippen LogP contribution in [0.1, 0.15) is 17.5 Å². The van der Waals surface area contributed by atoms with E-state index in [1.54, 1.807) is 41.2 Å². The number of amides is 1. The van der Waals surface area contributed by atoms with Crippen LogP contribution in [0.4, 0.5) is 10.1 Å². The molecule has 0 unspecified atom stereocenters. The molecule has 1 fully saturated rings. The number of ether oxygens (including phenoxy) is 1. The molecule has 9 nitrogen and oxygen atoms in total. The van der Waals surface area contributed by atoms with Crippen molar-refractivity contribution in [2.24, 2.45) is 7.05 Å². The number of aliphatic hydroxyl groups excluding tert-OH is 1. The fraction of sp³-hybridized carbons (Fsp3) is 0.273. The van der Waals surface area contributed by atoms with Crippen molar-refractivity contribution in [2.75, 3.05) is 17.9 Å². The van der Waals surface area contributed by atoms with Crippen molar-refractivity contribution < 1.29 is 27.4 Å². The van der Waals surface area contributed by atoms with Gasteiger partial charge in [0, 0.05) is 25.1 Å². The number of hydrogen-bond acceptors (Lipinski definition) is 6. The molecule has 0 radical (unpaired) electrons. The number of aryl methyl sites for hydroxylation is 1. The molecule has 33 heavy (non-hydrogen) atoms. The van der Waals surface area contributed by atoms with Gasteiger partial charge in [-0.3, -0.25) is 9.52 Å². The minimum absolute atomic E-state index is 0.153. The second kappa shape index (κ2) is 9.30. The molecule has 174 valence electrons. The van der Waals surface area contributed by atoms with E-state index in [1.165, 1.54) is 17.0 Å². The van der Waals surface area contributed by atoms with E-state index in [1.807, 2.05) is 7.05 Å². The summed E-state index contributed by atoms with van der Waals surface area (Å²) in [6, 6.07) is 10.5. The Morgan fingerprint density at radius 3 is 2.64 bits per heavy atom. The Bertz CT molecular complexity index is 1250. The summed E-state index contributed by atoms with van der Waals surface area (Å²) in [6.45, 7) is -0.257. The Morgan fingerprint density at radius 1 is 1.24 bits per heavy atom. The minimum Gasteiger partial charge on any atom is -0.394 e. The third-order valence-corrected chi connectivity index (χ3v) is 6.85. The first-order valence-electron chi connectivity index (χ1n) is 10.1. The van der Waals surface area contributed by atoms with Gasteiger partial charge in [-0.2, -0.15) is 0 Å². The van der Waals surface area contributed by atoms with Crippen LogP contribution < -0.4 is 4.72 Å². The van der Waals surface area contributed by atoms with E-state index in [-0.39, 0.29) is 36.2 Å². The summed E-state index contributed by atoms with van der Waals surface area (Å²) in [5, 5.41) is 10.0. The molecule has 2 aromatic carbocycles. The van der Waals surface area contributed by atoms with E-state index < -0.39 is 28.0 Å². The molecule has 1 amide bonds. The van der Waals surface area contributed by atoms with Crippen LogP contribution in [-0.4, -0.2) is 53.1 Å². The van der Waals surface area contributed by atoms with Crippen molar-refractivity contribution in [3.63, 3.8) is 0 Å². The standard InChI is InChI=1S/C22H23FN4O5S/c1-26-10-9-24-20(26)12-27-19(13-28)22(32-14-21(27)29)15-5-7-17(8-6-15)25-33(30,31)18-4-2-3-16(23)11-18/h2-11,19,22,25,28H,12-14H2,1H3/t19-,22-/m1/s1. The third kappa shape index (κ3) is 4.90. The van der Waals surface area contributed by atoms with Gasteiger partial charge in [-0.1, -0.05) is 18.2 Å². The van der Waals surface area contributed by atoms with Crippen LogP contribution in [-0.2, 0) is 33.1 Å². The van der Waals surface area contributed by atoms with Crippen molar-refractivity contribution in [1.82, 2.24) is 14.5 Å². The summed E-state index contributed by atoms with van der Waals surface area (Å²) in [7, 11) is -2.14. The first kappa shape index (κ1) is 22.9. The zero-order valence-electron chi connectivity index (χ0n) is 17.8. The lowest BCUT2D eigenvalue weighted by Gasteiger charge is -2.40. The maximum atomic E-state index is 13.4. The van der Waals surface area contributed by atoms with Crippen molar-refractivity contribution in [2.45, 2.75) is 23.6 Å². The maximum Gasteiger partial charge on any atom is 0.261 e. The highest BCUT2D eigenvalue weighted by Crippen LogP contribution is 2.31. The quantitative estimate of drug-likeness (QED) is 0.540. The van der Waals surface area contributed by atoms with Gasteiger partial charge in [0.2, 0.25) is 5.91 Å². The number of anilines is 1. The number of carbonyl (C=O) groups excluding carboxylic acids is 1. The molecule has 0 bridgehead atoms. The Balaban J connectivity index is 1.52. The van der Waals surface area contributed by atoms with Gasteiger partial charge in [-0.05, 0) is 35.9 Å². The van der Waals surface area contributed by atoms with Crippen molar-refractivity contribution >= 4 is 21.6 Å². The number of nitrogens with zero attached hydrogens (tertiary/aromatic N) is 3. The van der Waals surface area contributed by atoms with Crippen molar-refractivity contribution in [1.29, 1.82) is 0 Å². The third-order valence-electron chi connectivity index (χ3n) is 5.47. The van der Waals surface area contributed by atoms with Crippen LogP contribution in [0, 0.1) is 5.82 Å². The van der Waals surface area contributed by atoms with Gasteiger partial charge < -0.3 is 19.3 Å². The smallest absolute Gasteiger partial charge is 0.261 e. The summed E-state index contributed by atoms with van der Waals surface area (Å²) in [4.78, 5) is 18.1. The molecular formula is C22H23FN4O5S. The number of aromatic nitrogens is 2. The molecule has 1 aliphatic rings. The number of benzene rings is 2. The fourth-order valence-electron chi connectivity index (χ4n) is 3.71. The van der Waals surface area contributed by atoms with Crippen LogP contribution in [0.25, 0.3) is 0 Å². The number of carbonyl (C=O) groups is 1. The van der Waals surface area contributed by atoms with Crippen LogP contribution in [0.3, 0.4) is 0 Å². The summed E-state index contributed by atoms with van der Waals surface area (Å²) in [5.74, 6) is -0.236. The summed E-state index contributed by atoms with van der Waals surface area (Å²) < 4.78 is 48.4. The van der Waals surface area contributed by atoms with Crippen molar-refractivity contribution in [3.8, 4) is 0 Å². The van der Waals surface area contributed by atoms with Gasteiger partial charge in [0.1, 0.15) is 24.4 Å². The number of halogens is 1. The van der Waals surface area contributed by atoms with Gasteiger partial charge >= 0.3 is 0 Å². The first-order chi connectivity index (χ1) is 15.8. The van der Waals surface area contributed by atoms with Crippen LogP contribution >= 0.6 is 0 Å². The van der Waals surface area contributed by atoms with E-state index >= 15 is 0 Å². The maximum absolute atomic E-state index is 13.4. The Labute approximate surface area is 190 Å². The topological polar surface area (TPSA) is 114 Å². The molecule has 2 heterocycles. The van der Waals surface area contributed by atoms with Gasteiger partial charge in [0.15, 0.2) is 0 Å². The highest BCUT2D eigenvalue weighted by molar-refractivity contribution is 7.92. The van der Waals surface area contributed by atoms with Crippen molar-refractivity contribution in [3.05, 3.63) is 78.1 Å². The monoisotopic (exact) mass is 474 g/mol. The zero-order chi connectivity index (χ0) is 23.6. The lowest BCUT2D eigenvalue weighted by Crippen LogP contribution is -2.52. The van der Waals surface area contributed by atoms with E-state index in [9.17, 15) is 22.7 Å². The lowest BCUT2D eigenvalue weighted by atomic mass is 9.99. The van der Waals surface area contributed by atoms with Gasteiger partial charge in [0.25, 0.3) is 10.0 Å². The zero-order valence-corrected chi connectivity index (χ0v) is 18.6. The minimum atomic E-state index is -3.96. The predicted molar refractivity (Wildman–Crippen MR) is 117 cm³/mol. The van der Waals surface area contributed by atoms with Gasteiger partial charge in [0.05, 0.1) is 24.1 Å². The average Bonchev–Trinajstić information content (AvgIpc) is 3.20. The van der Waals surface area contributed by atoms with E-state index in [4.69, 9.17) is 4.74 Å². The SMILES string of the molecule is Cn1ccnc1CN1C(=O)CO[C@H](c2ccc(NS(=O)(=O)c3cccc(F)c3)cc2)[C@H]1CO. The highest BCUT2D eigenvalue weighted by Gasteiger charge is 2.37. The molecule has 3 aromatic rings. The number of aliphatic hydroxyl groups is 1. The Kier molecular flexibility index (Phi) is 6.45. The highest BCUT2D eigenvalue weighted by atomic mass is 32.2. The molecule has 11 heteroatoms. The predicted octanol–water partition coefficient (Wildman–Crippen LogP) is 1.82. The summed E-state index contributed by atoms with van der Waals surface area (Å²) >= 11 is 0. The lowest BCUT2D eigenvalue weighted by molar-refractivity contribution is -0.162. The molecule has 2 atom stereocenters. The number of rotatable bonds is 7. The molecule has 1 aliphatic heterocycles. The number of imidazole rings is 1. The largest absolute Gasteiger partial charge is 0.394 e. The fourth-order valence-corrected chi connectivity index (χ4v) is 4.80. The van der Waals surface area contributed by atoms with Crippen LogP contribution in [0.15, 0.2) is 65.8 Å². The molecule has 1 saturated heterocycles. The first-order valence-corrected chi connectivity index (χ1v) is 11.6. The van der Waals surface area contributed by atoms with E-state index in [2.05, 4.69) is 9.71 Å². The number of sulfonamides is 1. The molecule has 1 aromatic heterocycles. The van der Waals surface area contributed by atoms with Gasteiger partial charge in [-0.15, -0.1) is 0 Å². The molecular weight excluding hydrogens is 451 g/mol. The summed E-state index contributed by atoms with van der Waals surface area (Å²) in [5.41, 5.74) is 0.945. The number of morpholine rings is 1.